The molecule has 2 unspecified atom stereocenters. The highest BCUT2D eigenvalue weighted by Crippen LogP contribution is 2.37. The smallest absolute Gasteiger partial charge is 0.150 e. The molecular formula is C14H14N2OS2. The van der Waals surface area contributed by atoms with Crippen LogP contribution in [0.15, 0.2) is 52.5 Å². The second kappa shape index (κ2) is 5.35. The molecule has 0 radical (unpaired) electrons. The van der Waals surface area contributed by atoms with Crippen molar-refractivity contribution in [2.45, 2.75) is 21.6 Å². The van der Waals surface area contributed by atoms with E-state index in [0.29, 0.717) is 21.7 Å². The number of fused-ring (bicyclic) bond motifs is 1. The molecule has 2 N–H and O–H groups in total. The molecule has 5 heteroatoms. The van der Waals surface area contributed by atoms with E-state index in [2.05, 4.69) is 23.2 Å². The van der Waals surface area contributed by atoms with Crippen LogP contribution in [-0.2, 0) is 17.2 Å². The summed E-state index contributed by atoms with van der Waals surface area (Å²) in [7, 11) is -1.13. The van der Waals surface area contributed by atoms with Crippen molar-refractivity contribution in [3.8, 4) is 0 Å². The Labute approximate surface area is 119 Å². The number of thioether (sulfide) groups is 1. The van der Waals surface area contributed by atoms with Crippen molar-refractivity contribution in [3.63, 3.8) is 0 Å². The van der Waals surface area contributed by atoms with Gasteiger partial charge in [0, 0.05) is 22.1 Å². The first-order chi connectivity index (χ1) is 9.24. The Hall–Kier alpha value is -1.33. The molecule has 1 aromatic heterocycles. The number of benzene rings is 1. The first kappa shape index (κ1) is 12.7. The molecule has 2 aromatic rings. The molecular weight excluding hydrogens is 276 g/mol. The van der Waals surface area contributed by atoms with E-state index >= 15 is 0 Å². The molecule has 0 saturated heterocycles. The molecule has 0 bridgehead atoms. The maximum atomic E-state index is 12.3. The molecule has 2 atom stereocenters. The van der Waals surface area contributed by atoms with Gasteiger partial charge in [0.2, 0.25) is 0 Å². The van der Waals surface area contributed by atoms with Gasteiger partial charge in [0.1, 0.15) is 5.03 Å². The van der Waals surface area contributed by atoms with Crippen LogP contribution in [0, 0.1) is 0 Å². The van der Waals surface area contributed by atoms with Gasteiger partial charge in [0.15, 0.2) is 0 Å². The van der Waals surface area contributed by atoms with Crippen LogP contribution in [0.3, 0.4) is 0 Å². The minimum Gasteiger partial charge on any atom is -0.396 e. The summed E-state index contributed by atoms with van der Waals surface area (Å²) in [4.78, 5) is 5.44. The van der Waals surface area contributed by atoms with Gasteiger partial charge in [-0.25, -0.2) is 4.98 Å². The highest BCUT2D eigenvalue weighted by atomic mass is 32.2. The van der Waals surface area contributed by atoms with E-state index in [1.165, 1.54) is 10.5 Å². The van der Waals surface area contributed by atoms with Gasteiger partial charge in [-0.05, 0) is 30.2 Å². The van der Waals surface area contributed by atoms with Gasteiger partial charge in [-0.1, -0.05) is 18.2 Å². The second-order valence-electron chi connectivity index (χ2n) is 4.46. The van der Waals surface area contributed by atoms with Crippen molar-refractivity contribution >= 4 is 28.2 Å². The number of hydrogen-bond donors (Lipinski definition) is 1. The predicted molar refractivity (Wildman–Crippen MR) is 79.7 cm³/mol. The van der Waals surface area contributed by atoms with E-state index in [9.17, 15) is 4.21 Å². The largest absolute Gasteiger partial charge is 0.396 e. The number of nitrogens with two attached hydrogens (primary N) is 1. The molecule has 2 heterocycles. The van der Waals surface area contributed by atoms with Gasteiger partial charge in [-0.2, -0.15) is 0 Å². The SMILES string of the molecule is Nc1cccnc1S(=O)CC1Cc2ccccc2S1. The van der Waals surface area contributed by atoms with Crippen molar-refractivity contribution in [2.75, 3.05) is 11.5 Å². The molecule has 0 saturated carbocycles. The van der Waals surface area contributed by atoms with Crippen molar-refractivity contribution in [1.29, 1.82) is 0 Å². The van der Waals surface area contributed by atoms with E-state index in [1.807, 2.05) is 6.07 Å². The standard InChI is InChI=1S/C14H14N2OS2/c15-12-5-3-7-16-14(12)19(17)9-11-8-10-4-1-2-6-13(10)18-11/h1-7,11H,8-9,15H2. The lowest BCUT2D eigenvalue weighted by Crippen LogP contribution is -2.14. The van der Waals surface area contributed by atoms with Crippen molar-refractivity contribution in [2.24, 2.45) is 0 Å². The van der Waals surface area contributed by atoms with Gasteiger partial charge < -0.3 is 5.73 Å². The van der Waals surface area contributed by atoms with E-state index in [-0.39, 0.29) is 0 Å². The van der Waals surface area contributed by atoms with E-state index < -0.39 is 10.8 Å². The molecule has 0 amide bonds. The average molecular weight is 290 g/mol. The molecule has 0 fully saturated rings. The third-order valence-electron chi connectivity index (χ3n) is 3.07. The van der Waals surface area contributed by atoms with Crippen LogP contribution in [-0.4, -0.2) is 20.2 Å². The number of hydrogen-bond acceptors (Lipinski definition) is 4. The summed E-state index contributed by atoms with van der Waals surface area (Å²) >= 11 is 1.80. The summed E-state index contributed by atoms with van der Waals surface area (Å²) in [6.45, 7) is 0. The second-order valence-corrected chi connectivity index (χ2v) is 7.21. The van der Waals surface area contributed by atoms with Crippen molar-refractivity contribution in [1.82, 2.24) is 4.98 Å². The Morgan fingerprint density at radius 3 is 2.95 bits per heavy atom. The normalized spacial score (nSPS) is 19.1. The van der Waals surface area contributed by atoms with Gasteiger partial charge in [0.05, 0.1) is 16.5 Å². The van der Waals surface area contributed by atoms with Crippen LogP contribution >= 0.6 is 11.8 Å². The van der Waals surface area contributed by atoms with Crippen LogP contribution in [0.2, 0.25) is 0 Å². The fraction of sp³-hybridized carbons (Fsp3) is 0.214. The number of nitrogens with zero attached hydrogens (tertiary/aromatic N) is 1. The number of nitrogen functional groups attached to an aromatic ring is 1. The number of rotatable bonds is 3. The fourth-order valence-corrected chi connectivity index (χ4v) is 5.04. The van der Waals surface area contributed by atoms with Crippen LogP contribution in [0.1, 0.15) is 5.56 Å². The first-order valence-corrected chi connectivity index (χ1v) is 8.27. The van der Waals surface area contributed by atoms with Gasteiger partial charge in [0.25, 0.3) is 0 Å². The molecule has 1 aliphatic rings. The summed E-state index contributed by atoms with van der Waals surface area (Å²) in [5.74, 6) is 0.598. The molecule has 1 aliphatic heterocycles. The van der Waals surface area contributed by atoms with E-state index in [1.54, 1.807) is 30.1 Å². The van der Waals surface area contributed by atoms with Gasteiger partial charge in [-0.3, -0.25) is 4.21 Å². The molecule has 98 valence electrons. The summed E-state index contributed by atoms with van der Waals surface area (Å²) < 4.78 is 12.3. The molecule has 1 aromatic carbocycles. The van der Waals surface area contributed by atoms with E-state index in [4.69, 9.17) is 5.73 Å². The van der Waals surface area contributed by atoms with Crippen LogP contribution in [0.4, 0.5) is 5.69 Å². The highest BCUT2D eigenvalue weighted by Gasteiger charge is 2.24. The Bertz CT molecular complexity index is 605. The zero-order valence-corrected chi connectivity index (χ0v) is 11.9. The Kier molecular flexibility index (Phi) is 3.57. The molecule has 0 aliphatic carbocycles. The maximum Gasteiger partial charge on any atom is 0.150 e. The lowest BCUT2D eigenvalue weighted by molar-refractivity contribution is 0.679. The summed E-state index contributed by atoms with van der Waals surface area (Å²) in [6, 6.07) is 11.9. The van der Waals surface area contributed by atoms with Crippen molar-refractivity contribution < 1.29 is 4.21 Å². The molecule has 0 spiro atoms. The Morgan fingerprint density at radius 2 is 2.16 bits per heavy atom. The quantitative estimate of drug-likeness (QED) is 0.943. The topological polar surface area (TPSA) is 56.0 Å². The highest BCUT2D eigenvalue weighted by molar-refractivity contribution is 8.01. The summed E-state index contributed by atoms with van der Waals surface area (Å²) in [6.07, 6.45) is 2.61. The Morgan fingerprint density at radius 1 is 1.32 bits per heavy atom. The third-order valence-corrected chi connectivity index (χ3v) is 6.07. The molecule has 3 rings (SSSR count). The van der Waals surface area contributed by atoms with Crippen LogP contribution < -0.4 is 5.73 Å². The first-order valence-electron chi connectivity index (χ1n) is 6.07. The van der Waals surface area contributed by atoms with Gasteiger partial charge in [-0.15, -0.1) is 11.8 Å². The molecule has 19 heavy (non-hydrogen) atoms. The van der Waals surface area contributed by atoms with E-state index in [0.717, 1.165) is 6.42 Å². The van der Waals surface area contributed by atoms with Crippen LogP contribution in [0.5, 0.6) is 0 Å². The molecule has 3 nitrogen and oxygen atoms in total. The zero-order valence-electron chi connectivity index (χ0n) is 10.3. The zero-order chi connectivity index (χ0) is 13.2. The maximum absolute atomic E-state index is 12.3. The monoisotopic (exact) mass is 290 g/mol. The fourth-order valence-electron chi connectivity index (χ4n) is 2.19. The minimum absolute atomic E-state index is 0.347. The number of pyridine rings is 1. The van der Waals surface area contributed by atoms with Crippen molar-refractivity contribution in [3.05, 3.63) is 48.2 Å². The summed E-state index contributed by atoms with van der Waals surface area (Å²) in [5.41, 5.74) is 7.68. The van der Waals surface area contributed by atoms with Gasteiger partial charge >= 0.3 is 0 Å². The lowest BCUT2D eigenvalue weighted by Gasteiger charge is -2.08. The average Bonchev–Trinajstić information content (AvgIpc) is 2.81. The lowest BCUT2D eigenvalue weighted by atomic mass is 10.1. The summed E-state index contributed by atoms with van der Waals surface area (Å²) in [5, 5.41) is 0.860. The Balaban J connectivity index is 1.71. The third kappa shape index (κ3) is 2.67. The minimum atomic E-state index is -1.13. The number of anilines is 1. The predicted octanol–water partition coefficient (Wildman–Crippen LogP) is 2.49. The van der Waals surface area contributed by atoms with Crippen LogP contribution in [0.25, 0.3) is 0 Å². The number of aromatic nitrogens is 1.